The van der Waals surface area contributed by atoms with Crippen LogP contribution in [0.5, 0.6) is 0 Å². The first-order chi connectivity index (χ1) is 17.3. The molecule has 3 aliphatic rings. The zero-order chi connectivity index (χ0) is 25.4. The number of nitrogens with one attached hydrogen (secondary N) is 1. The zero-order valence-electron chi connectivity index (χ0n) is 21.2. The second kappa shape index (κ2) is 10.0. The molecular formula is C27H34N4O5. The Bertz CT molecular complexity index is 1190. The van der Waals surface area contributed by atoms with Gasteiger partial charge in [-0.15, -0.1) is 0 Å². The number of allylic oxidation sites excluding steroid dienone is 1. The fraction of sp³-hybridized carbons (Fsp3) is 0.556. The number of aryl methyl sites for hydroxylation is 1. The first-order valence-electron chi connectivity index (χ1n) is 13.0. The Kier molecular flexibility index (Phi) is 6.83. The fourth-order valence-electron chi connectivity index (χ4n) is 6.12. The quantitative estimate of drug-likeness (QED) is 0.229. The number of aromatic nitrogens is 2. The number of hydrogen-bond donors (Lipinski definition) is 1. The van der Waals surface area contributed by atoms with Crippen LogP contribution < -0.4 is 5.32 Å². The van der Waals surface area contributed by atoms with E-state index in [1.165, 1.54) is 6.07 Å². The van der Waals surface area contributed by atoms with Crippen LogP contribution in [0.15, 0.2) is 35.5 Å². The highest BCUT2D eigenvalue weighted by molar-refractivity contribution is 5.95. The molecule has 9 heteroatoms. The second-order valence-electron chi connectivity index (χ2n) is 10.2. The van der Waals surface area contributed by atoms with Crippen LogP contribution in [0.2, 0.25) is 0 Å². The van der Waals surface area contributed by atoms with Gasteiger partial charge in [0.1, 0.15) is 5.82 Å². The highest BCUT2D eigenvalue weighted by Crippen LogP contribution is 2.49. The van der Waals surface area contributed by atoms with Crippen molar-refractivity contribution >= 4 is 17.5 Å². The van der Waals surface area contributed by atoms with Crippen LogP contribution >= 0.6 is 0 Å². The maximum absolute atomic E-state index is 13.7. The summed E-state index contributed by atoms with van der Waals surface area (Å²) < 4.78 is 13.6. The van der Waals surface area contributed by atoms with Crippen LogP contribution in [0, 0.1) is 10.1 Å². The molecule has 2 unspecified atom stereocenters. The number of ether oxygens (including phenoxy) is 2. The fourth-order valence-corrected chi connectivity index (χ4v) is 6.12. The number of fused-ring (bicyclic) bond motifs is 1. The first kappa shape index (κ1) is 24.5. The van der Waals surface area contributed by atoms with Crippen molar-refractivity contribution in [2.75, 3.05) is 5.32 Å². The smallest absolute Gasteiger partial charge is 0.339 e. The molecule has 0 radical (unpaired) electrons. The molecule has 36 heavy (non-hydrogen) atoms. The molecule has 1 N–H and O–H groups in total. The zero-order valence-corrected chi connectivity index (χ0v) is 21.2. The Labute approximate surface area is 211 Å². The van der Waals surface area contributed by atoms with Crippen LogP contribution in [-0.4, -0.2) is 33.1 Å². The van der Waals surface area contributed by atoms with Gasteiger partial charge in [0.05, 0.1) is 28.2 Å². The van der Waals surface area contributed by atoms with E-state index >= 15 is 0 Å². The van der Waals surface area contributed by atoms with Gasteiger partial charge in [-0.25, -0.2) is 4.79 Å². The summed E-state index contributed by atoms with van der Waals surface area (Å²) in [6.07, 6.45) is 7.83. The van der Waals surface area contributed by atoms with Gasteiger partial charge in [0, 0.05) is 35.9 Å². The average molecular weight is 495 g/mol. The molecule has 2 aromatic rings. The van der Waals surface area contributed by atoms with E-state index in [-0.39, 0.29) is 22.6 Å². The largest absolute Gasteiger partial charge is 0.433 e. The summed E-state index contributed by atoms with van der Waals surface area (Å²) in [6, 6.07) is 6.66. The van der Waals surface area contributed by atoms with E-state index in [4.69, 9.17) is 14.6 Å². The van der Waals surface area contributed by atoms with E-state index in [0.717, 1.165) is 68.4 Å². The molecule has 0 amide bonds. The number of nitro groups is 1. The number of esters is 1. The van der Waals surface area contributed by atoms with E-state index in [9.17, 15) is 14.9 Å². The molecule has 2 aliphatic carbocycles. The number of nitrogens with zero attached hydrogens (tertiary/aromatic N) is 3. The SMILES string of the molecule is CC1=C(C(=O)OC(C)OC2CCCC2)C(c2ccccc2[N+](=O)[O-])c2c(C3CCCC3)nn(C)c2N1. The van der Waals surface area contributed by atoms with E-state index in [0.29, 0.717) is 16.8 Å². The normalized spacial score (nSPS) is 21.4. The highest BCUT2D eigenvalue weighted by atomic mass is 16.7. The molecule has 0 saturated heterocycles. The number of carbonyl (C=O) groups excluding carboxylic acids is 1. The Hall–Kier alpha value is -3.20. The standard InChI is InChI=1S/C27H34N4O5/c1-16-22(27(32)36-17(2)35-19-12-6-7-13-19)23(20-14-8-9-15-21(20)31(33)34)24-25(18-10-4-5-11-18)29-30(3)26(24)28-16/h8-9,14-15,17-19,23,28H,4-7,10-13H2,1-3H3. The van der Waals surface area contributed by atoms with Crippen molar-refractivity contribution in [3.8, 4) is 0 Å². The maximum Gasteiger partial charge on any atom is 0.339 e. The van der Waals surface area contributed by atoms with Crippen molar-refractivity contribution < 1.29 is 19.2 Å². The van der Waals surface area contributed by atoms with Gasteiger partial charge in [0.2, 0.25) is 6.29 Å². The average Bonchev–Trinajstić information content (AvgIpc) is 3.61. The van der Waals surface area contributed by atoms with Gasteiger partial charge in [-0.05, 0) is 39.5 Å². The number of nitro benzene ring substituents is 1. The van der Waals surface area contributed by atoms with Crippen molar-refractivity contribution in [1.29, 1.82) is 0 Å². The molecular weight excluding hydrogens is 460 g/mol. The van der Waals surface area contributed by atoms with Crippen LogP contribution in [0.3, 0.4) is 0 Å². The molecule has 0 spiro atoms. The first-order valence-corrected chi connectivity index (χ1v) is 13.0. The topological polar surface area (TPSA) is 109 Å². The summed E-state index contributed by atoms with van der Waals surface area (Å²) in [5, 5.41) is 20.3. The highest BCUT2D eigenvalue weighted by Gasteiger charge is 2.42. The van der Waals surface area contributed by atoms with E-state index in [2.05, 4.69) is 5.32 Å². The third-order valence-corrected chi connectivity index (χ3v) is 7.77. The minimum absolute atomic E-state index is 0.0232. The van der Waals surface area contributed by atoms with Crippen molar-refractivity contribution in [2.45, 2.75) is 89.4 Å². The third kappa shape index (κ3) is 4.52. The van der Waals surface area contributed by atoms with Crippen molar-refractivity contribution in [1.82, 2.24) is 9.78 Å². The minimum atomic E-state index is -0.711. The van der Waals surface area contributed by atoms with Crippen LogP contribution in [0.1, 0.15) is 93.9 Å². The molecule has 5 rings (SSSR count). The summed E-state index contributed by atoms with van der Waals surface area (Å²) in [6.45, 7) is 3.55. The van der Waals surface area contributed by atoms with Crippen LogP contribution in [0.4, 0.5) is 11.5 Å². The van der Waals surface area contributed by atoms with Gasteiger partial charge < -0.3 is 14.8 Å². The van der Waals surface area contributed by atoms with Gasteiger partial charge in [-0.3, -0.25) is 14.8 Å². The molecule has 2 atom stereocenters. The van der Waals surface area contributed by atoms with E-state index < -0.39 is 18.2 Å². The second-order valence-corrected chi connectivity index (χ2v) is 10.2. The number of carbonyl (C=O) groups is 1. The molecule has 9 nitrogen and oxygen atoms in total. The molecule has 1 aromatic carbocycles. The Morgan fingerprint density at radius 1 is 1.17 bits per heavy atom. The summed E-state index contributed by atoms with van der Waals surface area (Å²) in [4.78, 5) is 25.4. The summed E-state index contributed by atoms with van der Waals surface area (Å²) >= 11 is 0. The lowest BCUT2D eigenvalue weighted by Crippen LogP contribution is -2.29. The number of para-hydroxylation sites is 1. The molecule has 2 saturated carbocycles. The van der Waals surface area contributed by atoms with Crippen LogP contribution in [-0.2, 0) is 21.3 Å². The lowest BCUT2D eigenvalue weighted by atomic mass is 9.79. The molecule has 192 valence electrons. The lowest BCUT2D eigenvalue weighted by Gasteiger charge is -2.30. The molecule has 2 heterocycles. The van der Waals surface area contributed by atoms with Gasteiger partial charge in [0.25, 0.3) is 5.69 Å². The lowest BCUT2D eigenvalue weighted by molar-refractivity contribution is -0.385. The van der Waals surface area contributed by atoms with Gasteiger partial charge >= 0.3 is 5.97 Å². The molecule has 1 aliphatic heterocycles. The van der Waals surface area contributed by atoms with Crippen molar-refractivity contribution in [3.05, 3.63) is 62.5 Å². The van der Waals surface area contributed by atoms with Crippen LogP contribution in [0.25, 0.3) is 0 Å². The number of anilines is 1. The molecule has 2 fully saturated rings. The van der Waals surface area contributed by atoms with Crippen molar-refractivity contribution in [2.24, 2.45) is 7.05 Å². The van der Waals surface area contributed by atoms with Gasteiger partial charge in [-0.1, -0.05) is 43.9 Å². The number of hydrogen-bond acceptors (Lipinski definition) is 7. The third-order valence-electron chi connectivity index (χ3n) is 7.77. The maximum atomic E-state index is 13.7. The summed E-state index contributed by atoms with van der Waals surface area (Å²) in [5.41, 5.74) is 3.16. The number of benzene rings is 1. The van der Waals surface area contributed by atoms with Gasteiger partial charge in [0.15, 0.2) is 0 Å². The Balaban J connectivity index is 1.59. The predicted molar refractivity (Wildman–Crippen MR) is 135 cm³/mol. The molecule has 0 bridgehead atoms. The monoisotopic (exact) mass is 494 g/mol. The minimum Gasteiger partial charge on any atom is -0.433 e. The van der Waals surface area contributed by atoms with Crippen molar-refractivity contribution in [3.63, 3.8) is 0 Å². The summed E-state index contributed by atoms with van der Waals surface area (Å²) in [7, 11) is 1.87. The predicted octanol–water partition coefficient (Wildman–Crippen LogP) is 5.67. The van der Waals surface area contributed by atoms with E-state index in [1.54, 1.807) is 29.8 Å². The Morgan fingerprint density at radius 3 is 2.53 bits per heavy atom. The van der Waals surface area contributed by atoms with E-state index in [1.807, 2.05) is 14.0 Å². The van der Waals surface area contributed by atoms with Gasteiger partial charge in [-0.2, -0.15) is 5.10 Å². The summed E-state index contributed by atoms with van der Waals surface area (Å²) in [5.74, 6) is -0.171. The Morgan fingerprint density at radius 2 is 1.83 bits per heavy atom. The molecule has 1 aromatic heterocycles. The number of rotatable bonds is 7.